The standard InChI is InChI=1S/C35H50ClN5O6Si/c1-35(2,3)48(5,6)47-27-20-45-30-26(19-44-31(27)30)46-34-39-25-17-23(36)32(40-33(25)41(34)28-11-7-8-15-43-28)38-24-13-12-22-16-21(10-9-14-42-4)18-37-29(22)24/h16-18,24,26-28,30-31H,7-15,19-20H2,1-6H3,(H,38,40)/t24?,26-,27?,28?,30-,31-/m1/s1. The van der Waals surface area contributed by atoms with Crippen LogP contribution in [0.25, 0.3) is 11.2 Å². The zero-order valence-electron chi connectivity index (χ0n) is 29.1. The number of ether oxygens (including phenoxy) is 5. The summed E-state index contributed by atoms with van der Waals surface area (Å²) in [6.07, 6.45) is 7.59. The summed E-state index contributed by atoms with van der Waals surface area (Å²) in [5.74, 6) is 0.602. The van der Waals surface area contributed by atoms with Crippen molar-refractivity contribution >= 4 is 36.9 Å². The summed E-state index contributed by atoms with van der Waals surface area (Å²) in [4.78, 5) is 14.8. The van der Waals surface area contributed by atoms with Gasteiger partial charge in [-0.2, -0.15) is 4.98 Å². The summed E-state index contributed by atoms with van der Waals surface area (Å²) in [5.41, 5.74) is 4.90. The van der Waals surface area contributed by atoms with Crippen LogP contribution in [0, 0.1) is 0 Å². The highest BCUT2D eigenvalue weighted by Crippen LogP contribution is 2.42. The fourth-order valence-electron chi connectivity index (χ4n) is 7.05. The molecule has 11 nitrogen and oxygen atoms in total. The fraction of sp³-hybridized carbons (Fsp3) is 0.686. The van der Waals surface area contributed by atoms with Crippen molar-refractivity contribution in [2.24, 2.45) is 0 Å². The number of nitrogens with zero attached hydrogens (tertiary/aromatic N) is 4. The minimum atomic E-state index is -2.00. The van der Waals surface area contributed by atoms with Crippen molar-refractivity contribution in [1.82, 2.24) is 19.5 Å². The molecule has 3 aromatic heterocycles. The smallest absolute Gasteiger partial charge is 0.301 e. The van der Waals surface area contributed by atoms with E-state index in [1.54, 1.807) is 7.11 Å². The number of imidazole rings is 1. The fourth-order valence-corrected chi connectivity index (χ4v) is 8.57. The lowest BCUT2D eigenvalue weighted by Gasteiger charge is -2.39. The van der Waals surface area contributed by atoms with Crippen LogP contribution in [0.1, 0.15) is 82.0 Å². The average Bonchev–Trinajstić information content (AvgIpc) is 3.82. The van der Waals surface area contributed by atoms with Crippen molar-refractivity contribution < 1.29 is 28.1 Å². The SMILES string of the molecule is COCCCc1cnc2c(c1)CCC2Nc1nc2c(cc1Cl)nc(O[C@@H]1CO[C@@H]3C(O[Si](C)(C)C(C)(C)C)CO[C@@H]31)n2C1CCCCO1. The summed E-state index contributed by atoms with van der Waals surface area (Å²) in [5, 5.41) is 4.20. The molecule has 0 bridgehead atoms. The van der Waals surface area contributed by atoms with E-state index < -0.39 is 8.32 Å². The molecule has 13 heteroatoms. The monoisotopic (exact) mass is 699 g/mol. The Morgan fingerprint density at radius 1 is 1.04 bits per heavy atom. The molecule has 4 aliphatic rings. The number of fused-ring (bicyclic) bond motifs is 3. The summed E-state index contributed by atoms with van der Waals surface area (Å²) in [7, 11) is -0.264. The second kappa shape index (κ2) is 13.8. The van der Waals surface area contributed by atoms with Crippen LogP contribution in [0.3, 0.4) is 0 Å². The summed E-state index contributed by atoms with van der Waals surface area (Å²) in [6.45, 7) is 13.6. The first-order chi connectivity index (χ1) is 23.0. The second-order valence-electron chi connectivity index (χ2n) is 15.1. The molecular formula is C35H50ClN5O6Si. The molecule has 3 aromatic rings. The summed E-state index contributed by atoms with van der Waals surface area (Å²) in [6, 6.07) is 4.61. The van der Waals surface area contributed by atoms with Gasteiger partial charge in [0.1, 0.15) is 29.8 Å². The number of nitrogens with one attached hydrogen (secondary N) is 1. The van der Waals surface area contributed by atoms with Gasteiger partial charge in [-0.05, 0) is 80.3 Å². The lowest BCUT2D eigenvalue weighted by atomic mass is 10.1. The molecule has 6 heterocycles. The zero-order valence-corrected chi connectivity index (χ0v) is 30.8. The molecular weight excluding hydrogens is 650 g/mol. The second-order valence-corrected chi connectivity index (χ2v) is 20.3. The van der Waals surface area contributed by atoms with Gasteiger partial charge in [0.2, 0.25) is 0 Å². The number of aromatic nitrogens is 4. The third kappa shape index (κ3) is 6.74. The topological polar surface area (TPSA) is 111 Å². The van der Waals surface area contributed by atoms with E-state index in [1.807, 2.05) is 16.8 Å². The number of rotatable bonds is 11. The average molecular weight is 700 g/mol. The Hall–Kier alpha value is -2.32. The van der Waals surface area contributed by atoms with Crippen LogP contribution in [-0.4, -0.2) is 85.8 Å². The van der Waals surface area contributed by atoms with E-state index in [1.165, 1.54) is 11.1 Å². The van der Waals surface area contributed by atoms with Crippen molar-refractivity contribution in [3.8, 4) is 6.01 Å². The molecule has 3 aliphatic heterocycles. The van der Waals surface area contributed by atoms with Crippen LogP contribution in [0.5, 0.6) is 6.01 Å². The van der Waals surface area contributed by atoms with Crippen LogP contribution >= 0.6 is 11.6 Å². The third-order valence-corrected chi connectivity index (χ3v) is 15.5. The number of hydrogen-bond acceptors (Lipinski definition) is 10. The third-order valence-electron chi connectivity index (χ3n) is 10.7. The Morgan fingerprint density at radius 2 is 1.83 bits per heavy atom. The molecule has 3 saturated heterocycles. The summed E-state index contributed by atoms with van der Waals surface area (Å²) >= 11 is 6.87. The molecule has 0 spiro atoms. The molecule has 1 aliphatic carbocycles. The lowest BCUT2D eigenvalue weighted by Crippen LogP contribution is -2.47. The maximum atomic E-state index is 6.87. The number of anilines is 1. The number of pyridine rings is 2. The molecule has 0 aromatic carbocycles. The number of methoxy groups -OCH3 is 1. The molecule has 0 radical (unpaired) electrons. The van der Waals surface area contributed by atoms with Gasteiger partial charge in [0.15, 0.2) is 20.1 Å². The van der Waals surface area contributed by atoms with Gasteiger partial charge < -0.3 is 33.4 Å². The Balaban J connectivity index is 1.12. The number of hydrogen-bond donors (Lipinski definition) is 1. The molecule has 48 heavy (non-hydrogen) atoms. The van der Waals surface area contributed by atoms with Crippen LogP contribution < -0.4 is 10.1 Å². The first-order valence-corrected chi connectivity index (χ1v) is 20.8. The molecule has 0 amide bonds. The number of aryl methyl sites for hydroxylation is 2. The Labute approximate surface area is 289 Å². The molecule has 6 atom stereocenters. The largest absolute Gasteiger partial charge is 0.456 e. The molecule has 262 valence electrons. The maximum Gasteiger partial charge on any atom is 0.301 e. The van der Waals surface area contributed by atoms with Gasteiger partial charge in [-0.25, -0.2) is 4.98 Å². The van der Waals surface area contributed by atoms with E-state index in [0.29, 0.717) is 47.8 Å². The van der Waals surface area contributed by atoms with Gasteiger partial charge in [0, 0.05) is 26.5 Å². The Bertz CT molecular complexity index is 1610. The summed E-state index contributed by atoms with van der Waals surface area (Å²) < 4.78 is 39.5. The van der Waals surface area contributed by atoms with Gasteiger partial charge in [0.25, 0.3) is 0 Å². The molecule has 1 N–H and O–H groups in total. The highest BCUT2D eigenvalue weighted by Gasteiger charge is 2.52. The predicted molar refractivity (Wildman–Crippen MR) is 186 cm³/mol. The van der Waals surface area contributed by atoms with Crippen LogP contribution in [-0.2, 0) is 36.2 Å². The molecule has 3 fully saturated rings. The Morgan fingerprint density at radius 3 is 2.58 bits per heavy atom. The highest BCUT2D eigenvalue weighted by molar-refractivity contribution is 6.74. The van der Waals surface area contributed by atoms with Gasteiger partial charge in [-0.3, -0.25) is 9.55 Å². The quantitative estimate of drug-likeness (QED) is 0.170. The minimum Gasteiger partial charge on any atom is -0.456 e. The van der Waals surface area contributed by atoms with E-state index in [2.05, 4.69) is 45.2 Å². The van der Waals surface area contributed by atoms with E-state index >= 15 is 0 Å². The Kier molecular flexibility index (Phi) is 9.79. The van der Waals surface area contributed by atoms with E-state index in [4.69, 9.17) is 54.7 Å². The first-order valence-electron chi connectivity index (χ1n) is 17.5. The zero-order chi connectivity index (χ0) is 33.6. The van der Waals surface area contributed by atoms with E-state index in [-0.39, 0.29) is 41.7 Å². The highest BCUT2D eigenvalue weighted by atomic mass is 35.5. The predicted octanol–water partition coefficient (Wildman–Crippen LogP) is 6.79. The van der Waals surface area contributed by atoms with Crippen molar-refractivity contribution in [2.75, 3.05) is 38.9 Å². The van der Waals surface area contributed by atoms with Crippen LogP contribution in [0.4, 0.5) is 5.82 Å². The molecule has 3 unspecified atom stereocenters. The van der Waals surface area contributed by atoms with E-state index in [9.17, 15) is 0 Å². The van der Waals surface area contributed by atoms with Gasteiger partial charge in [-0.15, -0.1) is 0 Å². The van der Waals surface area contributed by atoms with Crippen molar-refractivity contribution in [1.29, 1.82) is 0 Å². The van der Waals surface area contributed by atoms with Gasteiger partial charge >= 0.3 is 6.01 Å². The molecule has 7 rings (SSSR count). The number of halogens is 1. The van der Waals surface area contributed by atoms with E-state index in [0.717, 1.165) is 57.2 Å². The lowest BCUT2D eigenvalue weighted by molar-refractivity contribution is -0.0406. The maximum absolute atomic E-state index is 6.87. The van der Waals surface area contributed by atoms with Crippen molar-refractivity contribution in [3.63, 3.8) is 0 Å². The molecule has 0 saturated carbocycles. The van der Waals surface area contributed by atoms with Crippen LogP contribution in [0.15, 0.2) is 18.3 Å². The minimum absolute atomic E-state index is 0.0158. The van der Waals surface area contributed by atoms with Gasteiger partial charge in [-0.1, -0.05) is 38.4 Å². The van der Waals surface area contributed by atoms with Crippen LogP contribution in [0.2, 0.25) is 23.2 Å². The van der Waals surface area contributed by atoms with Gasteiger partial charge in [0.05, 0.1) is 36.1 Å². The van der Waals surface area contributed by atoms with Crippen molar-refractivity contribution in [3.05, 3.63) is 40.2 Å². The first kappa shape index (κ1) is 34.1. The normalized spacial score (nSPS) is 27.4. The van der Waals surface area contributed by atoms with Crippen molar-refractivity contribution in [2.45, 2.75) is 121 Å².